The monoisotopic (exact) mass is 344 g/mol. The molecule has 26 heavy (non-hydrogen) atoms. The Kier molecular flexibility index (Phi) is 5.78. The molecule has 0 atom stereocenters. The first-order valence-corrected chi connectivity index (χ1v) is 8.47. The van der Waals surface area contributed by atoms with Crippen molar-refractivity contribution < 1.29 is 9.59 Å². The molecular formula is C22H20N2O2. The van der Waals surface area contributed by atoms with E-state index >= 15 is 0 Å². The van der Waals surface area contributed by atoms with Crippen LogP contribution in [0.1, 0.15) is 31.8 Å². The lowest BCUT2D eigenvalue weighted by Crippen LogP contribution is -2.23. The summed E-state index contributed by atoms with van der Waals surface area (Å²) in [5.41, 5.74) is 3.31. The van der Waals surface area contributed by atoms with E-state index < -0.39 is 0 Å². The summed E-state index contributed by atoms with van der Waals surface area (Å²) in [6.45, 7) is 0.925. The summed E-state index contributed by atoms with van der Waals surface area (Å²) in [7, 11) is 0. The number of rotatable bonds is 6. The minimum absolute atomic E-state index is 0.0928. The van der Waals surface area contributed by atoms with Gasteiger partial charge in [-0.1, -0.05) is 60.7 Å². The molecule has 0 unspecified atom stereocenters. The predicted octanol–water partition coefficient (Wildman–Crippen LogP) is 3.55. The molecular weight excluding hydrogens is 324 g/mol. The Morgan fingerprint density at radius 3 is 1.23 bits per heavy atom. The molecule has 0 spiro atoms. The summed E-state index contributed by atoms with van der Waals surface area (Å²) in [5, 5.41) is 5.80. The Hall–Kier alpha value is -3.40. The Balaban J connectivity index is 1.49. The number of amides is 2. The van der Waals surface area contributed by atoms with Gasteiger partial charge in [0.25, 0.3) is 11.8 Å². The van der Waals surface area contributed by atoms with E-state index in [9.17, 15) is 9.59 Å². The highest BCUT2D eigenvalue weighted by atomic mass is 16.2. The van der Waals surface area contributed by atoms with E-state index in [1.165, 1.54) is 0 Å². The number of carbonyl (C=O) groups is 2. The summed E-state index contributed by atoms with van der Waals surface area (Å²) >= 11 is 0. The van der Waals surface area contributed by atoms with E-state index in [1.807, 2.05) is 60.7 Å². The molecule has 4 heteroatoms. The second kappa shape index (κ2) is 8.62. The van der Waals surface area contributed by atoms with E-state index in [-0.39, 0.29) is 11.8 Å². The van der Waals surface area contributed by atoms with E-state index in [4.69, 9.17) is 0 Å². The van der Waals surface area contributed by atoms with Gasteiger partial charge in [-0.2, -0.15) is 0 Å². The average molecular weight is 344 g/mol. The molecule has 3 aromatic rings. The lowest BCUT2D eigenvalue weighted by Gasteiger charge is -2.08. The Morgan fingerprint density at radius 2 is 0.885 bits per heavy atom. The normalized spacial score (nSPS) is 10.2. The quantitative estimate of drug-likeness (QED) is 0.718. The molecule has 2 N–H and O–H groups in total. The second-order valence-electron chi connectivity index (χ2n) is 5.91. The number of benzene rings is 3. The average Bonchev–Trinajstić information content (AvgIpc) is 2.72. The zero-order valence-electron chi connectivity index (χ0n) is 14.3. The van der Waals surface area contributed by atoms with Crippen molar-refractivity contribution in [3.63, 3.8) is 0 Å². The van der Waals surface area contributed by atoms with E-state index in [1.54, 1.807) is 24.3 Å². The van der Waals surface area contributed by atoms with Crippen molar-refractivity contribution in [2.24, 2.45) is 0 Å². The van der Waals surface area contributed by atoms with Crippen LogP contribution in [0, 0.1) is 0 Å². The van der Waals surface area contributed by atoms with Crippen molar-refractivity contribution in [3.8, 4) is 0 Å². The highest BCUT2D eigenvalue weighted by Crippen LogP contribution is 2.06. The fourth-order valence-corrected chi connectivity index (χ4v) is 2.52. The van der Waals surface area contributed by atoms with Gasteiger partial charge in [0.1, 0.15) is 0 Å². The lowest BCUT2D eigenvalue weighted by atomic mass is 10.1. The third kappa shape index (κ3) is 4.80. The fourth-order valence-electron chi connectivity index (χ4n) is 2.52. The first-order chi connectivity index (χ1) is 12.7. The molecule has 3 aromatic carbocycles. The molecule has 2 amide bonds. The largest absolute Gasteiger partial charge is 0.348 e. The summed E-state index contributed by atoms with van der Waals surface area (Å²) in [6, 6.07) is 26.1. The Bertz CT molecular complexity index is 785. The SMILES string of the molecule is O=C(NCc1ccc(CNC(=O)c2ccccc2)cc1)c1ccccc1. The predicted molar refractivity (Wildman–Crippen MR) is 102 cm³/mol. The summed E-state index contributed by atoms with van der Waals surface area (Å²) in [5.74, 6) is -0.186. The minimum atomic E-state index is -0.0928. The van der Waals surface area contributed by atoms with Gasteiger partial charge in [0.2, 0.25) is 0 Å². The molecule has 0 aromatic heterocycles. The Morgan fingerprint density at radius 1 is 0.538 bits per heavy atom. The maximum atomic E-state index is 12.0. The molecule has 0 bridgehead atoms. The van der Waals surface area contributed by atoms with Crippen LogP contribution in [0.25, 0.3) is 0 Å². The maximum Gasteiger partial charge on any atom is 0.251 e. The van der Waals surface area contributed by atoms with Crippen LogP contribution >= 0.6 is 0 Å². The van der Waals surface area contributed by atoms with Crippen LogP contribution in [0.3, 0.4) is 0 Å². The number of carbonyl (C=O) groups excluding carboxylic acids is 2. The van der Waals surface area contributed by atoms with Crippen molar-refractivity contribution in [3.05, 3.63) is 107 Å². The molecule has 0 heterocycles. The molecule has 4 nitrogen and oxygen atoms in total. The van der Waals surface area contributed by atoms with Crippen molar-refractivity contribution >= 4 is 11.8 Å². The van der Waals surface area contributed by atoms with Crippen LogP contribution in [0.5, 0.6) is 0 Å². The van der Waals surface area contributed by atoms with Crippen molar-refractivity contribution in [2.45, 2.75) is 13.1 Å². The Labute approximate surface area is 152 Å². The van der Waals surface area contributed by atoms with E-state index in [2.05, 4.69) is 10.6 Å². The highest BCUT2D eigenvalue weighted by Gasteiger charge is 2.05. The van der Waals surface area contributed by atoms with E-state index in [0.29, 0.717) is 24.2 Å². The molecule has 0 radical (unpaired) electrons. The van der Waals surface area contributed by atoms with Crippen LogP contribution < -0.4 is 10.6 Å². The van der Waals surface area contributed by atoms with Gasteiger partial charge in [0.05, 0.1) is 0 Å². The molecule has 0 aliphatic rings. The molecule has 0 aliphatic carbocycles. The summed E-state index contributed by atoms with van der Waals surface area (Å²) in [6.07, 6.45) is 0. The van der Waals surface area contributed by atoms with Crippen LogP contribution in [0.15, 0.2) is 84.9 Å². The smallest absolute Gasteiger partial charge is 0.251 e. The van der Waals surface area contributed by atoms with Gasteiger partial charge >= 0.3 is 0 Å². The van der Waals surface area contributed by atoms with Crippen LogP contribution in [0.4, 0.5) is 0 Å². The second-order valence-corrected chi connectivity index (χ2v) is 5.91. The topological polar surface area (TPSA) is 58.2 Å². The zero-order valence-corrected chi connectivity index (χ0v) is 14.3. The third-order valence-electron chi connectivity index (χ3n) is 4.00. The van der Waals surface area contributed by atoms with Gasteiger partial charge < -0.3 is 10.6 Å². The maximum absolute atomic E-state index is 12.0. The molecule has 0 aliphatic heterocycles. The zero-order chi connectivity index (χ0) is 18.2. The third-order valence-corrected chi connectivity index (χ3v) is 4.00. The van der Waals surface area contributed by atoms with Crippen molar-refractivity contribution in [1.82, 2.24) is 10.6 Å². The van der Waals surface area contributed by atoms with Gasteiger partial charge in [-0.3, -0.25) is 9.59 Å². The molecule has 0 saturated carbocycles. The standard InChI is InChI=1S/C22H20N2O2/c25-21(19-7-3-1-4-8-19)23-15-17-11-13-18(14-12-17)16-24-22(26)20-9-5-2-6-10-20/h1-14H,15-16H2,(H,23,25)(H,24,26). The van der Waals surface area contributed by atoms with Crippen LogP contribution in [-0.2, 0) is 13.1 Å². The van der Waals surface area contributed by atoms with Gasteiger partial charge in [0.15, 0.2) is 0 Å². The van der Waals surface area contributed by atoms with Gasteiger partial charge in [-0.05, 0) is 35.4 Å². The van der Waals surface area contributed by atoms with Crippen molar-refractivity contribution in [2.75, 3.05) is 0 Å². The van der Waals surface area contributed by atoms with Gasteiger partial charge in [-0.25, -0.2) is 0 Å². The molecule has 0 fully saturated rings. The minimum Gasteiger partial charge on any atom is -0.348 e. The highest BCUT2D eigenvalue weighted by molar-refractivity contribution is 5.94. The number of hydrogen-bond donors (Lipinski definition) is 2. The fraction of sp³-hybridized carbons (Fsp3) is 0.0909. The van der Waals surface area contributed by atoms with Crippen molar-refractivity contribution in [1.29, 1.82) is 0 Å². The first-order valence-electron chi connectivity index (χ1n) is 8.47. The van der Waals surface area contributed by atoms with Crippen LogP contribution in [-0.4, -0.2) is 11.8 Å². The number of hydrogen-bond acceptors (Lipinski definition) is 2. The molecule has 130 valence electrons. The van der Waals surface area contributed by atoms with Gasteiger partial charge in [0, 0.05) is 24.2 Å². The molecule has 3 rings (SSSR count). The number of nitrogens with one attached hydrogen (secondary N) is 2. The summed E-state index contributed by atoms with van der Waals surface area (Å²) in [4.78, 5) is 24.1. The lowest BCUT2D eigenvalue weighted by molar-refractivity contribution is 0.0942. The first kappa shape index (κ1) is 17.4. The van der Waals surface area contributed by atoms with E-state index in [0.717, 1.165) is 11.1 Å². The summed E-state index contributed by atoms with van der Waals surface area (Å²) < 4.78 is 0. The molecule has 0 saturated heterocycles. The van der Waals surface area contributed by atoms with Crippen LogP contribution in [0.2, 0.25) is 0 Å². The van der Waals surface area contributed by atoms with Gasteiger partial charge in [-0.15, -0.1) is 0 Å².